The first-order valence-corrected chi connectivity index (χ1v) is 9.07. The van der Waals surface area contributed by atoms with E-state index in [4.69, 9.17) is 4.74 Å². The van der Waals surface area contributed by atoms with E-state index in [1.165, 1.54) is 32.2 Å². The van der Waals surface area contributed by atoms with Gasteiger partial charge in [-0.05, 0) is 56.5 Å². The maximum absolute atomic E-state index is 5.74. The highest BCUT2D eigenvalue weighted by Gasteiger charge is 2.40. The Morgan fingerprint density at radius 2 is 1.90 bits per heavy atom. The SMILES string of the molecule is CCCNC1CC(C)CC(C)C1N1CCC(C)C(OC)C1. The Hall–Kier alpha value is -0.120. The van der Waals surface area contributed by atoms with E-state index in [1.54, 1.807) is 0 Å². The molecule has 6 unspecified atom stereocenters. The lowest BCUT2D eigenvalue weighted by molar-refractivity contribution is -0.0439. The summed E-state index contributed by atoms with van der Waals surface area (Å²) in [5, 5.41) is 3.84. The van der Waals surface area contributed by atoms with E-state index in [2.05, 4.69) is 37.9 Å². The fourth-order valence-electron chi connectivity index (χ4n) is 4.62. The second kappa shape index (κ2) is 7.94. The number of likely N-dealkylation sites (tertiary alicyclic amines) is 1. The van der Waals surface area contributed by atoms with E-state index < -0.39 is 0 Å². The molecule has 21 heavy (non-hydrogen) atoms. The molecule has 0 radical (unpaired) electrons. The van der Waals surface area contributed by atoms with Crippen molar-refractivity contribution in [3.05, 3.63) is 0 Å². The number of rotatable bonds is 5. The number of ether oxygens (including phenoxy) is 1. The van der Waals surface area contributed by atoms with Crippen molar-refractivity contribution >= 4 is 0 Å². The van der Waals surface area contributed by atoms with Crippen LogP contribution in [0.2, 0.25) is 0 Å². The van der Waals surface area contributed by atoms with Crippen molar-refractivity contribution in [2.45, 2.75) is 71.6 Å². The van der Waals surface area contributed by atoms with Crippen LogP contribution in [0, 0.1) is 17.8 Å². The summed E-state index contributed by atoms with van der Waals surface area (Å²) in [5.41, 5.74) is 0. The van der Waals surface area contributed by atoms with Gasteiger partial charge in [0.2, 0.25) is 0 Å². The predicted molar refractivity (Wildman–Crippen MR) is 89.6 cm³/mol. The maximum atomic E-state index is 5.74. The van der Waals surface area contributed by atoms with Crippen LogP contribution < -0.4 is 5.32 Å². The standard InChI is InChI=1S/C18H36N2O/c1-6-8-19-16-11-13(2)10-15(4)18(16)20-9-7-14(3)17(12-20)21-5/h13-19H,6-12H2,1-5H3. The highest BCUT2D eigenvalue weighted by molar-refractivity contribution is 4.96. The molecule has 124 valence electrons. The number of nitrogens with one attached hydrogen (secondary N) is 1. The van der Waals surface area contributed by atoms with E-state index in [1.807, 2.05) is 7.11 Å². The van der Waals surface area contributed by atoms with Gasteiger partial charge in [-0.25, -0.2) is 0 Å². The molecule has 0 aromatic heterocycles. The Morgan fingerprint density at radius 3 is 2.57 bits per heavy atom. The molecule has 2 aliphatic rings. The summed E-state index contributed by atoms with van der Waals surface area (Å²) >= 11 is 0. The number of hydrogen-bond donors (Lipinski definition) is 1. The first-order valence-electron chi connectivity index (χ1n) is 9.07. The predicted octanol–water partition coefficient (Wildman–Crippen LogP) is 3.15. The first-order chi connectivity index (χ1) is 10.1. The van der Waals surface area contributed by atoms with E-state index >= 15 is 0 Å². The van der Waals surface area contributed by atoms with Gasteiger partial charge in [-0.15, -0.1) is 0 Å². The Labute approximate surface area is 131 Å². The zero-order valence-corrected chi connectivity index (χ0v) is 14.8. The Kier molecular flexibility index (Phi) is 6.51. The van der Waals surface area contributed by atoms with Crippen molar-refractivity contribution in [3.8, 4) is 0 Å². The quantitative estimate of drug-likeness (QED) is 0.843. The van der Waals surface area contributed by atoms with Crippen LogP contribution in [-0.4, -0.2) is 49.8 Å². The van der Waals surface area contributed by atoms with Gasteiger partial charge in [-0.2, -0.15) is 0 Å². The van der Waals surface area contributed by atoms with Crippen LogP contribution in [0.1, 0.15) is 53.4 Å². The number of nitrogens with zero attached hydrogens (tertiary/aromatic N) is 1. The highest BCUT2D eigenvalue weighted by atomic mass is 16.5. The van der Waals surface area contributed by atoms with Crippen LogP contribution in [0.25, 0.3) is 0 Å². The van der Waals surface area contributed by atoms with Gasteiger partial charge in [-0.3, -0.25) is 4.90 Å². The first kappa shape index (κ1) is 17.2. The molecule has 2 rings (SSSR count). The molecule has 1 heterocycles. The number of piperidine rings is 1. The zero-order valence-electron chi connectivity index (χ0n) is 14.8. The molecule has 2 fully saturated rings. The lowest BCUT2D eigenvalue weighted by Crippen LogP contribution is -2.60. The van der Waals surface area contributed by atoms with Gasteiger partial charge < -0.3 is 10.1 Å². The van der Waals surface area contributed by atoms with Crippen LogP contribution in [0.4, 0.5) is 0 Å². The van der Waals surface area contributed by atoms with Gasteiger partial charge in [-0.1, -0.05) is 27.7 Å². The van der Waals surface area contributed by atoms with Crippen LogP contribution >= 0.6 is 0 Å². The monoisotopic (exact) mass is 296 g/mol. The van der Waals surface area contributed by atoms with Crippen molar-refractivity contribution in [2.24, 2.45) is 17.8 Å². The average Bonchev–Trinajstić information content (AvgIpc) is 2.45. The average molecular weight is 296 g/mol. The smallest absolute Gasteiger partial charge is 0.0724 e. The third-order valence-corrected chi connectivity index (χ3v) is 5.73. The Bertz CT molecular complexity index is 310. The van der Waals surface area contributed by atoms with Crippen molar-refractivity contribution in [1.29, 1.82) is 0 Å². The largest absolute Gasteiger partial charge is 0.380 e. The van der Waals surface area contributed by atoms with E-state index in [-0.39, 0.29) is 0 Å². The number of hydrogen-bond acceptors (Lipinski definition) is 3. The van der Waals surface area contributed by atoms with E-state index in [9.17, 15) is 0 Å². The second-order valence-corrected chi connectivity index (χ2v) is 7.64. The van der Waals surface area contributed by atoms with Gasteiger partial charge in [0.25, 0.3) is 0 Å². The summed E-state index contributed by atoms with van der Waals surface area (Å²) in [6, 6.07) is 1.35. The van der Waals surface area contributed by atoms with Gasteiger partial charge in [0.05, 0.1) is 6.10 Å². The zero-order chi connectivity index (χ0) is 15.4. The molecule has 0 aromatic carbocycles. The third kappa shape index (κ3) is 4.20. The Balaban J connectivity index is 2.05. The van der Waals surface area contributed by atoms with Crippen molar-refractivity contribution in [2.75, 3.05) is 26.7 Å². The maximum Gasteiger partial charge on any atom is 0.0724 e. The number of methoxy groups -OCH3 is 1. The molecule has 0 amide bonds. The van der Waals surface area contributed by atoms with Gasteiger partial charge in [0.1, 0.15) is 0 Å². The van der Waals surface area contributed by atoms with Crippen LogP contribution in [0.3, 0.4) is 0 Å². The fourth-order valence-corrected chi connectivity index (χ4v) is 4.62. The molecule has 1 aliphatic carbocycles. The third-order valence-electron chi connectivity index (χ3n) is 5.73. The highest BCUT2D eigenvalue weighted by Crippen LogP contribution is 2.34. The molecular formula is C18H36N2O. The van der Waals surface area contributed by atoms with Crippen molar-refractivity contribution in [1.82, 2.24) is 10.2 Å². The van der Waals surface area contributed by atoms with Gasteiger partial charge in [0, 0.05) is 25.7 Å². The molecule has 1 saturated carbocycles. The topological polar surface area (TPSA) is 24.5 Å². The molecule has 0 aromatic rings. The molecule has 1 N–H and O–H groups in total. The molecule has 3 heteroatoms. The summed E-state index contributed by atoms with van der Waals surface area (Å²) in [7, 11) is 1.88. The second-order valence-electron chi connectivity index (χ2n) is 7.64. The molecule has 6 atom stereocenters. The summed E-state index contributed by atoms with van der Waals surface area (Å²) < 4.78 is 5.74. The molecule has 0 spiro atoms. The minimum atomic E-state index is 0.414. The molecule has 1 saturated heterocycles. The molecule has 3 nitrogen and oxygen atoms in total. The lowest BCUT2D eigenvalue weighted by Gasteiger charge is -2.49. The van der Waals surface area contributed by atoms with Crippen molar-refractivity contribution in [3.63, 3.8) is 0 Å². The minimum absolute atomic E-state index is 0.414. The van der Waals surface area contributed by atoms with Crippen LogP contribution in [-0.2, 0) is 4.74 Å². The fraction of sp³-hybridized carbons (Fsp3) is 1.00. The van der Waals surface area contributed by atoms with Crippen LogP contribution in [0.15, 0.2) is 0 Å². The summed E-state index contributed by atoms with van der Waals surface area (Å²) in [6.07, 6.45) is 5.62. The molecule has 0 bridgehead atoms. The Morgan fingerprint density at radius 1 is 1.14 bits per heavy atom. The normalized spacial score (nSPS) is 42.1. The van der Waals surface area contributed by atoms with E-state index in [0.717, 1.165) is 24.9 Å². The van der Waals surface area contributed by atoms with Gasteiger partial charge >= 0.3 is 0 Å². The molecule has 1 aliphatic heterocycles. The summed E-state index contributed by atoms with van der Waals surface area (Å²) in [5.74, 6) is 2.34. The van der Waals surface area contributed by atoms with Crippen LogP contribution in [0.5, 0.6) is 0 Å². The van der Waals surface area contributed by atoms with Crippen molar-refractivity contribution < 1.29 is 4.74 Å². The van der Waals surface area contributed by atoms with E-state index in [0.29, 0.717) is 24.1 Å². The van der Waals surface area contributed by atoms with Gasteiger partial charge in [0.15, 0.2) is 0 Å². The lowest BCUT2D eigenvalue weighted by atomic mass is 9.75. The molecular weight excluding hydrogens is 260 g/mol. The summed E-state index contributed by atoms with van der Waals surface area (Å²) in [6.45, 7) is 13.0. The summed E-state index contributed by atoms with van der Waals surface area (Å²) in [4.78, 5) is 2.73. The minimum Gasteiger partial charge on any atom is -0.380 e.